The smallest absolute Gasteiger partial charge is 0.325 e. The van der Waals surface area contributed by atoms with Gasteiger partial charge in [0.1, 0.15) is 5.54 Å². The van der Waals surface area contributed by atoms with Crippen molar-refractivity contribution < 1.29 is 9.53 Å². The highest BCUT2D eigenvalue weighted by atomic mass is 16.5. The topological polar surface area (TPSA) is 44.8 Å². The predicted molar refractivity (Wildman–Crippen MR) is 79.4 cm³/mol. The van der Waals surface area contributed by atoms with Crippen molar-refractivity contribution in [3.8, 4) is 0 Å². The highest BCUT2D eigenvalue weighted by Crippen LogP contribution is 2.17. The lowest BCUT2D eigenvalue weighted by molar-refractivity contribution is -0.148. The molecule has 19 heavy (non-hydrogen) atoms. The van der Waals surface area contributed by atoms with Crippen LogP contribution in [-0.4, -0.2) is 75.2 Å². The average molecular weight is 273 g/mol. The van der Waals surface area contributed by atoms with Crippen molar-refractivity contribution >= 4 is 5.97 Å². The van der Waals surface area contributed by atoms with Gasteiger partial charge in [0.05, 0.1) is 7.11 Å². The molecule has 5 nitrogen and oxygen atoms in total. The van der Waals surface area contributed by atoms with Crippen LogP contribution in [0.2, 0.25) is 0 Å². The Bertz CT molecular complexity index is 271. The third-order valence-corrected chi connectivity index (χ3v) is 3.56. The van der Waals surface area contributed by atoms with E-state index >= 15 is 0 Å². The first-order valence-electron chi connectivity index (χ1n) is 6.95. The van der Waals surface area contributed by atoms with E-state index in [1.54, 1.807) is 0 Å². The second-order valence-corrected chi connectivity index (χ2v) is 5.69. The Kier molecular flexibility index (Phi) is 8.22. The van der Waals surface area contributed by atoms with Gasteiger partial charge in [-0.15, -0.1) is 0 Å². The van der Waals surface area contributed by atoms with Gasteiger partial charge in [-0.25, -0.2) is 0 Å². The van der Waals surface area contributed by atoms with Crippen LogP contribution in [0.3, 0.4) is 0 Å². The minimum absolute atomic E-state index is 0.192. The van der Waals surface area contributed by atoms with Gasteiger partial charge in [0.15, 0.2) is 0 Å². The van der Waals surface area contributed by atoms with Crippen molar-refractivity contribution in [2.45, 2.75) is 38.8 Å². The number of carbonyl (C=O) groups is 1. The number of rotatable bonds is 9. The fourth-order valence-electron chi connectivity index (χ4n) is 2.17. The molecule has 0 amide bonds. The lowest BCUT2D eigenvalue weighted by Crippen LogP contribution is -2.54. The van der Waals surface area contributed by atoms with E-state index in [4.69, 9.17) is 4.74 Å². The average Bonchev–Trinajstić information content (AvgIpc) is 2.34. The molecule has 0 spiro atoms. The molecule has 5 heteroatoms. The molecule has 2 unspecified atom stereocenters. The van der Waals surface area contributed by atoms with E-state index in [0.29, 0.717) is 6.04 Å². The maximum Gasteiger partial charge on any atom is 0.325 e. The Morgan fingerprint density at radius 3 is 2.32 bits per heavy atom. The molecule has 1 N–H and O–H groups in total. The Balaban J connectivity index is 4.53. The van der Waals surface area contributed by atoms with E-state index in [1.165, 1.54) is 7.11 Å². The van der Waals surface area contributed by atoms with E-state index in [2.05, 4.69) is 43.2 Å². The van der Waals surface area contributed by atoms with Crippen LogP contribution in [0.4, 0.5) is 0 Å². The molecule has 0 rings (SSSR count). The summed E-state index contributed by atoms with van der Waals surface area (Å²) in [6.07, 6.45) is 0.734. The molecule has 0 aromatic carbocycles. The molecule has 0 fully saturated rings. The highest BCUT2D eigenvalue weighted by Gasteiger charge is 2.35. The lowest BCUT2D eigenvalue weighted by atomic mass is 9.93. The van der Waals surface area contributed by atoms with Crippen LogP contribution >= 0.6 is 0 Å². The minimum atomic E-state index is -0.616. The summed E-state index contributed by atoms with van der Waals surface area (Å²) >= 11 is 0. The van der Waals surface area contributed by atoms with Crippen molar-refractivity contribution in [3.63, 3.8) is 0 Å². The van der Waals surface area contributed by atoms with E-state index < -0.39 is 5.54 Å². The number of methoxy groups -OCH3 is 1. The largest absolute Gasteiger partial charge is 0.468 e. The maximum absolute atomic E-state index is 11.9. The molecule has 0 heterocycles. The summed E-state index contributed by atoms with van der Waals surface area (Å²) in [4.78, 5) is 16.4. The molecular formula is C14H31N3O2. The summed E-state index contributed by atoms with van der Waals surface area (Å²) in [6, 6.07) is 0.308. The van der Waals surface area contributed by atoms with E-state index in [1.807, 2.05) is 13.8 Å². The summed E-state index contributed by atoms with van der Waals surface area (Å²) in [5.74, 6) is -0.192. The molecule has 0 aliphatic rings. The van der Waals surface area contributed by atoms with Crippen molar-refractivity contribution in [1.29, 1.82) is 0 Å². The quantitative estimate of drug-likeness (QED) is 0.630. The van der Waals surface area contributed by atoms with Crippen molar-refractivity contribution in [2.24, 2.45) is 0 Å². The first kappa shape index (κ1) is 18.4. The second-order valence-electron chi connectivity index (χ2n) is 5.69. The summed E-state index contributed by atoms with van der Waals surface area (Å²) in [6.45, 7) is 8.81. The van der Waals surface area contributed by atoms with Crippen molar-refractivity contribution in [1.82, 2.24) is 15.1 Å². The standard InChI is InChI=1S/C14H31N3O2/c1-8-15-14(3,13(18)19-7)11-12(2)17(6)10-9-16(4)5/h12,15H,8-11H2,1-7H3. The number of esters is 1. The van der Waals surface area contributed by atoms with E-state index in [9.17, 15) is 4.79 Å². The number of carbonyl (C=O) groups excluding carboxylic acids is 1. The van der Waals surface area contributed by atoms with Crippen LogP contribution in [0.25, 0.3) is 0 Å². The number of ether oxygens (including phenoxy) is 1. The van der Waals surface area contributed by atoms with Gasteiger partial charge < -0.3 is 19.9 Å². The molecule has 114 valence electrons. The molecule has 0 radical (unpaired) electrons. The Hall–Kier alpha value is -0.650. The van der Waals surface area contributed by atoms with Gasteiger partial charge in [-0.2, -0.15) is 0 Å². The number of nitrogens with one attached hydrogen (secondary N) is 1. The summed E-state index contributed by atoms with van der Waals surface area (Å²) < 4.78 is 4.92. The zero-order valence-corrected chi connectivity index (χ0v) is 13.6. The fraction of sp³-hybridized carbons (Fsp3) is 0.929. The summed E-state index contributed by atoms with van der Waals surface area (Å²) in [5.41, 5.74) is -0.616. The van der Waals surface area contributed by atoms with Crippen LogP contribution in [-0.2, 0) is 9.53 Å². The monoisotopic (exact) mass is 273 g/mol. The molecule has 0 aliphatic heterocycles. The molecule has 0 saturated carbocycles. The van der Waals surface area contributed by atoms with Crippen LogP contribution in [0, 0.1) is 0 Å². The third kappa shape index (κ3) is 6.36. The van der Waals surface area contributed by atoms with Gasteiger partial charge in [0.25, 0.3) is 0 Å². The van der Waals surface area contributed by atoms with Gasteiger partial charge in [0, 0.05) is 19.1 Å². The van der Waals surface area contributed by atoms with E-state index in [-0.39, 0.29) is 5.97 Å². The molecule has 0 aliphatic carbocycles. The summed E-state index contributed by atoms with van der Waals surface area (Å²) in [7, 11) is 7.67. The number of hydrogen-bond donors (Lipinski definition) is 1. The Morgan fingerprint density at radius 1 is 1.32 bits per heavy atom. The fourth-order valence-corrected chi connectivity index (χ4v) is 2.17. The second kappa shape index (κ2) is 8.51. The number of likely N-dealkylation sites (N-methyl/N-ethyl adjacent to an activating group) is 3. The van der Waals surface area contributed by atoms with Crippen LogP contribution in [0.1, 0.15) is 27.2 Å². The van der Waals surface area contributed by atoms with Crippen LogP contribution < -0.4 is 5.32 Å². The predicted octanol–water partition coefficient (Wildman–Crippen LogP) is 0.800. The van der Waals surface area contributed by atoms with Gasteiger partial charge in [-0.1, -0.05) is 6.92 Å². The van der Waals surface area contributed by atoms with Gasteiger partial charge in [-0.3, -0.25) is 4.79 Å². The van der Waals surface area contributed by atoms with Crippen LogP contribution in [0.5, 0.6) is 0 Å². The molecule has 0 saturated heterocycles. The Labute approximate surface area is 118 Å². The first-order chi connectivity index (χ1) is 8.76. The zero-order valence-electron chi connectivity index (χ0n) is 13.6. The minimum Gasteiger partial charge on any atom is -0.468 e. The molecular weight excluding hydrogens is 242 g/mol. The maximum atomic E-state index is 11.9. The van der Waals surface area contributed by atoms with Gasteiger partial charge in [-0.05, 0) is 48.0 Å². The molecule has 0 aromatic heterocycles. The number of hydrogen-bond acceptors (Lipinski definition) is 5. The molecule has 2 atom stereocenters. The van der Waals surface area contributed by atoms with Crippen molar-refractivity contribution in [3.05, 3.63) is 0 Å². The normalized spacial score (nSPS) is 16.5. The van der Waals surface area contributed by atoms with Gasteiger partial charge in [0.2, 0.25) is 0 Å². The SMILES string of the molecule is CCNC(C)(CC(C)N(C)CCN(C)C)C(=O)OC. The van der Waals surface area contributed by atoms with Crippen LogP contribution in [0.15, 0.2) is 0 Å². The molecule has 0 aromatic rings. The van der Waals surface area contributed by atoms with E-state index in [0.717, 1.165) is 26.1 Å². The highest BCUT2D eigenvalue weighted by molar-refractivity contribution is 5.80. The lowest BCUT2D eigenvalue weighted by Gasteiger charge is -2.34. The zero-order chi connectivity index (χ0) is 15.1. The first-order valence-corrected chi connectivity index (χ1v) is 6.95. The third-order valence-electron chi connectivity index (χ3n) is 3.56. The number of nitrogens with zero attached hydrogens (tertiary/aromatic N) is 2. The van der Waals surface area contributed by atoms with Gasteiger partial charge >= 0.3 is 5.97 Å². The van der Waals surface area contributed by atoms with Crippen molar-refractivity contribution in [2.75, 3.05) is 47.9 Å². The molecule has 0 bridgehead atoms. The Morgan fingerprint density at radius 2 is 1.89 bits per heavy atom. The summed E-state index contributed by atoms with van der Waals surface area (Å²) in [5, 5.41) is 3.25.